The van der Waals surface area contributed by atoms with Crippen LogP contribution in [0.1, 0.15) is 109 Å². The van der Waals surface area contributed by atoms with Crippen LogP contribution in [0.5, 0.6) is 0 Å². The monoisotopic (exact) mass is 737 g/mol. The van der Waals surface area contributed by atoms with E-state index in [1.165, 1.54) is 43.8 Å². The molecule has 4 rings (SSSR count). The topological polar surface area (TPSA) is 123 Å². The Hall–Kier alpha value is -3.02. The Morgan fingerprint density at radius 3 is 1.96 bits per heavy atom. The van der Waals surface area contributed by atoms with Gasteiger partial charge in [-0.25, -0.2) is 4.79 Å². The zero-order valence-corrected chi connectivity index (χ0v) is 32.3. The lowest BCUT2D eigenvalue weighted by Crippen LogP contribution is -2.58. The predicted molar refractivity (Wildman–Crippen MR) is 205 cm³/mol. The van der Waals surface area contributed by atoms with Gasteiger partial charge in [-0.1, -0.05) is 132 Å². The maximum Gasteiger partial charge on any atom is 0.339 e. The second-order valence-corrected chi connectivity index (χ2v) is 15.7. The molecule has 0 saturated carbocycles. The third-order valence-electron chi connectivity index (χ3n) is 10.4. The van der Waals surface area contributed by atoms with Crippen molar-refractivity contribution < 1.29 is 38.8 Å². The van der Waals surface area contributed by atoms with Crippen molar-refractivity contribution in [2.75, 3.05) is 26.9 Å². The summed E-state index contributed by atoms with van der Waals surface area (Å²) in [6, 6.07) is 18.6. The molecule has 52 heavy (non-hydrogen) atoms. The first-order valence-corrected chi connectivity index (χ1v) is 19.9. The molecule has 2 aromatic carbocycles. The average molecular weight is 738 g/mol. The van der Waals surface area contributed by atoms with Crippen molar-refractivity contribution in [1.82, 2.24) is 4.90 Å². The zero-order valence-electron chi connectivity index (χ0n) is 31.5. The van der Waals surface area contributed by atoms with Crippen molar-refractivity contribution in [3.63, 3.8) is 0 Å². The highest BCUT2D eigenvalue weighted by Crippen LogP contribution is 2.56. The number of unbranched alkanes of at least 4 members (excludes halogenated alkanes) is 8. The van der Waals surface area contributed by atoms with Gasteiger partial charge in [-0.05, 0) is 54.5 Å². The summed E-state index contributed by atoms with van der Waals surface area (Å²) >= 11 is 1.06. The van der Waals surface area contributed by atoms with Gasteiger partial charge in [0.25, 0.3) is 5.24 Å². The van der Waals surface area contributed by atoms with Crippen LogP contribution < -0.4 is 0 Å². The lowest BCUT2D eigenvalue weighted by atomic mass is 9.77. The minimum absolute atomic E-state index is 0.214. The number of aliphatic hydroxyl groups is 1. The van der Waals surface area contributed by atoms with E-state index in [9.17, 15) is 24.6 Å². The summed E-state index contributed by atoms with van der Waals surface area (Å²) in [5.74, 6) is -4.59. The number of amides is 2. The van der Waals surface area contributed by atoms with Crippen LogP contribution >= 0.6 is 11.8 Å². The summed E-state index contributed by atoms with van der Waals surface area (Å²) < 4.78 is 16.3. The highest BCUT2D eigenvalue weighted by molar-refractivity contribution is 8.15. The maximum absolute atomic E-state index is 14.7. The fraction of sp³-hybridized carbons (Fsp3) is 0.595. The molecule has 2 saturated heterocycles. The minimum Gasteiger partial charge on any atom is -0.479 e. The van der Waals surface area contributed by atoms with Crippen LogP contribution in [-0.2, 0) is 28.5 Å². The molecule has 286 valence electrons. The van der Waals surface area contributed by atoms with Crippen LogP contribution in [0, 0.1) is 11.8 Å². The van der Waals surface area contributed by atoms with Gasteiger partial charge in [0.05, 0.1) is 36.5 Å². The van der Waals surface area contributed by atoms with Crippen molar-refractivity contribution in [2.45, 2.75) is 120 Å². The van der Waals surface area contributed by atoms with Crippen LogP contribution in [0.2, 0.25) is 0 Å². The van der Waals surface area contributed by atoms with Crippen LogP contribution in [0.3, 0.4) is 0 Å². The van der Waals surface area contributed by atoms with E-state index < -0.39 is 51.8 Å². The van der Waals surface area contributed by atoms with Crippen molar-refractivity contribution in [2.24, 2.45) is 11.8 Å². The van der Waals surface area contributed by atoms with Crippen molar-refractivity contribution in [1.29, 1.82) is 0 Å². The number of carboxylic acid groups (broad SMARTS) is 1. The van der Waals surface area contributed by atoms with Crippen molar-refractivity contribution >= 4 is 28.9 Å². The first-order chi connectivity index (χ1) is 25.1. The summed E-state index contributed by atoms with van der Waals surface area (Å²) in [5, 5.41) is 21.4. The Morgan fingerprint density at radius 1 is 0.923 bits per heavy atom. The van der Waals surface area contributed by atoms with Gasteiger partial charge in [-0.2, -0.15) is 0 Å². The molecular formula is C42H59NO8S. The van der Waals surface area contributed by atoms with E-state index >= 15 is 0 Å². The van der Waals surface area contributed by atoms with E-state index in [4.69, 9.17) is 14.2 Å². The molecule has 0 unspecified atom stereocenters. The highest BCUT2D eigenvalue weighted by Gasteiger charge is 2.60. The summed E-state index contributed by atoms with van der Waals surface area (Å²) in [4.78, 5) is 42.6. The number of methoxy groups -OCH3 is 1. The number of rotatable bonds is 22. The number of imide groups is 1. The molecule has 0 aromatic heterocycles. The molecular weight excluding hydrogens is 679 g/mol. The molecule has 9 nitrogen and oxygen atoms in total. The van der Waals surface area contributed by atoms with E-state index in [0.29, 0.717) is 19.6 Å². The largest absolute Gasteiger partial charge is 0.479 e. The second-order valence-electron chi connectivity index (χ2n) is 14.5. The number of thioether (sulfide) groups is 1. The van der Waals surface area contributed by atoms with E-state index in [-0.39, 0.29) is 5.92 Å². The number of allylic oxidation sites excluding steroid dienone is 1. The Bertz CT molecular complexity index is 1400. The summed E-state index contributed by atoms with van der Waals surface area (Å²) in [5.41, 5.74) is -0.879. The maximum atomic E-state index is 14.7. The number of nitrogens with zero attached hydrogens (tertiary/aromatic N) is 1. The van der Waals surface area contributed by atoms with E-state index in [0.717, 1.165) is 67.8 Å². The number of carboxylic acids is 1. The smallest absolute Gasteiger partial charge is 0.339 e. The number of hydrogen-bond acceptors (Lipinski definition) is 8. The lowest BCUT2D eigenvalue weighted by molar-refractivity contribution is -0.175. The molecule has 2 amide bonds. The molecule has 2 fully saturated rings. The fourth-order valence-electron chi connectivity index (χ4n) is 7.79. The molecule has 0 spiro atoms. The molecule has 2 aliphatic rings. The van der Waals surface area contributed by atoms with Gasteiger partial charge >= 0.3 is 5.97 Å². The predicted octanol–water partition coefficient (Wildman–Crippen LogP) is 8.73. The Balaban J connectivity index is 1.49. The number of hydrogen-bond donors (Lipinski definition) is 2. The van der Waals surface area contributed by atoms with Crippen molar-refractivity contribution in [3.8, 4) is 0 Å². The number of carbonyl (C=O) groups is 3. The first kappa shape index (κ1) is 41.7. The SMILES string of the molecule is CCCCCCCC1(CCCCCC/C=C/[C@H](C(=O)N2C(=O)SC(c3ccccc3)(c3ccccc3)[C@@H]2C(C)C)[C@@](O)(COC)C(=O)O)OCCO1. The quantitative estimate of drug-likeness (QED) is 0.0903. The molecule has 0 radical (unpaired) electrons. The van der Waals surface area contributed by atoms with Gasteiger partial charge in [0.15, 0.2) is 5.79 Å². The average Bonchev–Trinajstić information content (AvgIpc) is 3.74. The molecule has 2 aromatic rings. The Labute approximate surface area is 314 Å². The van der Waals surface area contributed by atoms with E-state index in [1.54, 1.807) is 6.08 Å². The third-order valence-corrected chi connectivity index (χ3v) is 11.8. The molecule has 10 heteroatoms. The van der Waals surface area contributed by atoms with Gasteiger partial charge in [0, 0.05) is 20.0 Å². The van der Waals surface area contributed by atoms with Crippen LogP contribution in [-0.4, -0.2) is 76.6 Å². The van der Waals surface area contributed by atoms with Gasteiger partial charge < -0.3 is 24.4 Å². The van der Waals surface area contributed by atoms with Gasteiger partial charge in [-0.15, -0.1) is 0 Å². The van der Waals surface area contributed by atoms with Crippen molar-refractivity contribution in [3.05, 3.63) is 83.9 Å². The molecule has 2 aliphatic heterocycles. The first-order valence-electron chi connectivity index (χ1n) is 19.1. The van der Waals surface area contributed by atoms with Gasteiger partial charge in [0.1, 0.15) is 0 Å². The Morgan fingerprint density at radius 2 is 1.46 bits per heavy atom. The summed E-state index contributed by atoms with van der Waals surface area (Å²) in [6.45, 7) is 6.78. The number of ether oxygens (including phenoxy) is 3. The van der Waals surface area contributed by atoms with Crippen LogP contribution in [0.15, 0.2) is 72.8 Å². The second kappa shape index (κ2) is 19.9. The standard InChI is InChI=1S/C42H59NO8S/c1-5-6-7-11-20-27-40(50-29-30-51-40)28-21-12-9-8-10-19-26-35(41(48,31-49-4)38(45)46)37(44)43-36(32(2)3)42(52-39(43)47,33-22-15-13-16-23-33)34-24-17-14-18-25-34/h13-19,22-26,32,35-36,48H,5-12,20-21,27-31H2,1-4H3,(H,45,46)/b26-19+/t35-,36+,41+/m1/s1. The Kier molecular flexibility index (Phi) is 16.0. The lowest BCUT2D eigenvalue weighted by Gasteiger charge is -2.41. The normalized spacial score (nSPS) is 20.1. The molecule has 3 atom stereocenters. The summed E-state index contributed by atoms with van der Waals surface area (Å²) in [7, 11) is 1.28. The van der Waals surface area contributed by atoms with Crippen LogP contribution in [0.4, 0.5) is 4.79 Å². The molecule has 0 bridgehead atoms. The third kappa shape index (κ3) is 9.74. The summed E-state index contributed by atoms with van der Waals surface area (Å²) in [6.07, 6.45) is 15.3. The fourth-order valence-corrected chi connectivity index (χ4v) is 9.37. The minimum atomic E-state index is -2.59. The zero-order chi connectivity index (χ0) is 37.6. The van der Waals surface area contributed by atoms with Gasteiger partial charge in [0.2, 0.25) is 11.5 Å². The van der Waals surface area contributed by atoms with E-state index in [1.807, 2.05) is 74.5 Å². The van der Waals surface area contributed by atoms with Crippen LogP contribution in [0.25, 0.3) is 0 Å². The molecule has 0 aliphatic carbocycles. The van der Waals surface area contributed by atoms with Gasteiger partial charge in [-0.3, -0.25) is 14.5 Å². The number of aliphatic carboxylic acids is 1. The number of carbonyl (C=O) groups excluding carboxylic acids is 2. The molecule has 2 N–H and O–H groups in total. The number of benzene rings is 2. The highest BCUT2D eigenvalue weighted by atomic mass is 32.2. The molecule has 2 heterocycles. The van der Waals surface area contributed by atoms with E-state index in [2.05, 4.69) is 6.92 Å².